The Bertz CT molecular complexity index is 588. The Kier molecular flexibility index (Phi) is 6.03. The maximum atomic E-state index is 11.8. The van der Waals surface area contributed by atoms with Crippen LogP contribution in [0.3, 0.4) is 0 Å². The first-order valence-corrected chi connectivity index (χ1v) is 9.62. The summed E-state index contributed by atoms with van der Waals surface area (Å²) >= 11 is 0. The van der Waals surface area contributed by atoms with E-state index in [1.165, 1.54) is 49.7 Å². The van der Waals surface area contributed by atoms with E-state index in [2.05, 4.69) is 32.0 Å². The van der Waals surface area contributed by atoms with E-state index in [0.29, 0.717) is 5.78 Å². The monoisotopic (exact) mass is 398 g/mol. The maximum absolute atomic E-state index is 11.8. The van der Waals surface area contributed by atoms with Gasteiger partial charge >= 0.3 is 32.7 Å². The van der Waals surface area contributed by atoms with E-state index in [1.54, 1.807) is 5.56 Å². The minimum Gasteiger partial charge on any atom is -0.300 e. The summed E-state index contributed by atoms with van der Waals surface area (Å²) in [5, 5.41) is 0. The van der Waals surface area contributed by atoms with Crippen molar-refractivity contribution in [2.75, 3.05) is 0 Å². The molecule has 1 nitrogen and oxygen atoms in total. The summed E-state index contributed by atoms with van der Waals surface area (Å²) in [5.74, 6) is 4.70. The topological polar surface area (TPSA) is 17.1 Å². The van der Waals surface area contributed by atoms with Crippen molar-refractivity contribution in [2.24, 2.45) is 23.7 Å². The fourth-order valence-corrected chi connectivity index (χ4v) is 6.06. The predicted octanol–water partition coefficient (Wildman–Crippen LogP) is 5.38. The molecule has 3 aliphatic rings. The normalized spacial score (nSPS) is 35.6. The molecule has 24 heavy (non-hydrogen) atoms. The summed E-state index contributed by atoms with van der Waals surface area (Å²) < 4.78 is 0. The zero-order valence-corrected chi connectivity index (χ0v) is 18.0. The molecule has 0 saturated heterocycles. The number of aryl methyl sites for hydroxylation is 2. The van der Waals surface area contributed by atoms with Crippen LogP contribution in [-0.4, -0.2) is 5.78 Å². The van der Waals surface area contributed by atoms with Gasteiger partial charge in [-0.05, 0) is 68.1 Å². The smallest absolute Gasteiger partial charge is 0.300 e. The van der Waals surface area contributed by atoms with Crippen LogP contribution in [0.5, 0.6) is 0 Å². The molecule has 1 aromatic rings. The van der Waals surface area contributed by atoms with E-state index >= 15 is 0 Å². The van der Waals surface area contributed by atoms with E-state index in [9.17, 15) is 4.79 Å². The van der Waals surface area contributed by atoms with Gasteiger partial charge in [0.15, 0.2) is 0 Å². The van der Waals surface area contributed by atoms with Gasteiger partial charge in [-0.2, -0.15) is 34.9 Å². The quantitative estimate of drug-likeness (QED) is 0.581. The third-order valence-corrected chi connectivity index (χ3v) is 6.98. The minimum atomic E-state index is 0. The molecule has 3 fully saturated rings. The van der Waals surface area contributed by atoms with Crippen molar-refractivity contribution in [3.05, 3.63) is 34.9 Å². The van der Waals surface area contributed by atoms with E-state index < -0.39 is 0 Å². The molecule has 5 atom stereocenters. The molecule has 0 heterocycles. The summed E-state index contributed by atoms with van der Waals surface area (Å²) in [5.41, 5.74) is 4.13. The van der Waals surface area contributed by atoms with Crippen molar-refractivity contribution in [3.8, 4) is 0 Å². The number of Topliss-reactive ketones (excluding diaryl/α,β-unsaturated/α-hetero) is 1. The fraction of sp³-hybridized carbons (Fsp3) is 0.682. The maximum Gasteiger partial charge on any atom is 3.00 e. The predicted molar refractivity (Wildman–Crippen MR) is 93.4 cm³/mol. The molecule has 124 valence electrons. The standard InChI is InChI=1S/C22H29O.Y/c1-14-9-15(2)11-19(10-14)16-5-7-21-17(12-16)3-4-18-13-20(23)6-8-22(18)21;/h10-11,16-18,21-22H,3-8,12-13H2,1-2H3;/q-1;+3. The molecule has 0 amide bonds. The van der Waals surface area contributed by atoms with Crippen LogP contribution in [0.2, 0.25) is 0 Å². The Morgan fingerprint density at radius 1 is 0.917 bits per heavy atom. The average molecular weight is 398 g/mol. The number of hydrogen-bond donors (Lipinski definition) is 0. The number of rotatable bonds is 1. The van der Waals surface area contributed by atoms with Gasteiger partial charge in [0.2, 0.25) is 0 Å². The first kappa shape index (κ1) is 18.8. The molecule has 3 saturated carbocycles. The van der Waals surface area contributed by atoms with Crippen molar-refractivity contribution in [2.45, 2.75) is 71.1 Å². The van der Waals surface area contributed by atoms with Crippen molar-refractivity contribution in [1.29, 1.82) is 0 Å². The van der Waals surface area contributed by atoms with E-state index in [1.807, 2.05) is 0 Å². The summed E-state index contributed by atoms with van der Waals surface area (Å²) in [6, 6.07) is 8.14. The molecule has 3 aliphatic carbocycles. The van der Waals surface area contributed by atoms with Gasteiger partial charge in [0, 0.05) is 12.8 Å². The van der Waals surface area contributed by atoms with Crippen molar-refractivity contribution in [3.63, 3.8) is 0 Å². The van der Waals surface area contributed by atoms with Crippen molar-refractivity contribution >= 4 is 5.78 Å². The molecular weight excluding hydrogens is 369 g/mol. The number of carbonyl (C=O) groups excluding carboxylic acids is 1. The second kappa shape index (κ2) is 7.71. The largest absolute Gasteiger partial charge is 3.00 e. The minimum absolute atomic E-state index is 0. The van der Waals surface area contributed by atoms with Crippen LogP contribution in [-0.2, 0) is 37.5 Å². The summed E-state index contributed by atoms with van der Waals surface area (Å²) in [6.45, 7) is 4.35. The number of hydrogen-bond acceptors (Lipinski definition) is 1. The van der Waals surface area contributed by atoms with E-state index in [4.69, 9.17) is 0 Å². The molecular formula is C22H29OY+2. The third-order valence-electron chi connectivity index (χ3n) is 6.98. The van der Waals surface area contributed by atoms with Crippen LogP contribution in [0.25, 0.3) is 0 Å². The van der Waals surface area contributed by atoms with Crippen LogP contribution in [0.15, 0.2) is 12.1 Å². The fourth-order valence-electron chi connectivity index (χ4n) is 6.06. The molecule has 5 unspecified atom stereocenters. The zero-order valence-electron chi connectivity index (χ0n) is 15.2. The number of ketones is 1. The van der Waals surface area contributed by atoms with Crippen LogP contribution in [0.1, 0.15) is 74.0 Å². The molecule has 4 rings (SSSR count). The molecule has 2 heteroatoms. The van der Waals surface area contributed by atoms with E-state index in [-0.39, 0.29) is 32.7 Å². The summed E-state index contributed by atoms with van der Waals surface area (Å²) in [4.78, 5) is 11.8. The number of fused-ring (bicyclic) bond motifs is 3. The van der Waals surface area contributed by atoms with Gasteiger partial charge in [-0.1, -0.05) is 13.8 Å². The molecule has 0 aromatic heterocycles. The van der Waals surface area contributed by atoms with Gasteiger partial charge in [0.05, 0.1) is 0 Å². The Labute approximate surface area is 172 Å². The summed E-state index contributed by atoms with van der Waals surface area (Å²) in [6.07, 6.45) is 9.74. The molecule has 0 bridgehead atoms. The van der Waals surface area contributed by atoms with Gasteiger partial charge in [0.25, 0.3) is 0 Å². The van der Waals surface area contributed by atoms with Gasteiger partial charge in [-0.3, -0.25) is 4.79 Å². The molecule has 1 aromatic carbocycles. The summed E-state index contributed by atoms with van der Waals surface area (Å²) in [7, 11) is 0. The van der Waals surface area contributed by atoms with Gasteiger partial charge < -0.3 is 0 Å². The SMILES string of the molecule is Cc1[c-]c(C)cc(C2CCC3C(CCC4CC(=O)CCC43)C2)c1.[Y+3]. The van der Waals surface area contributed by atoms with E-state index in [0.717, 1.165) is 42.4 Å². The Morgan fingerprint density at radius 3 is 2.33 bits per heavy atom. The van der Waals surface area contributed by atoms with Crippen molar-refractivity contribution in [1.82, 2.24) is 0 Å². The second-order valence-electron chi connectivity index (χ2n) is 8.50. The Balaban J connectivity index is 0.00000169. The van der Waals surface area contributed by atoms with Gasteiger partial charge in [0.1, 0.15) is 5.78 Å². The molecule has 0 aliphatic heterocycles. The first-order chi connectivity index (χ1) is 11.1. The second-order valence-corrected chi connectivity index (χ2v) is 8.50. The molecule has 0 spiro atoms. The Morgan fingerprint density at radius 2 is 1.58 bits per heavy atom. The van der Waals surface area contributed by atoms with Crippen LogP contribution in [0.4, 0.5) is 0 Å². The molecule has 0 N–H and O–H groups in total. The van der Waals surface area contributed by atoms with Crippen LogP contribution >= 0.6 is 0 Å². The first-order valence-electron chi connectivity index (χ1n) is 9.62. The molecule has 0 radical (unpaired) electrons. The van der Waals surface area contributed by atoms with Crippen LogP contribution in [0, 0.1) is 43.6 Å². The number of carbonyl (C=O) groups is 1. The van der Waals surface area contributed by atoms with Crippen LogP contribution < -0.4 is 0 Å². The van der Waals surface area contributed by atoms with Crippen molar-refractivity contribution < 1.29 is 37.5 Å². The third kappa shape index (κ3) is 3.73. The van der Waals surface area contributed by atoms with Gasteiger partial charge in [-0.15, -0.1) is 0 Å². The van der Waals surface area contributed by atoms with Gasteiger partial charge in [-0.25, -0.2) is 0 Å². The zero-order chi connectivity index (χ0) is 16.0. The average Bonchev–Trinajstić information content (AvgIpc) is 2.53. The Hall–Kier alpha value is -0.00610. The number of benzene rings is 1.